The fourth-order valence-electron chi connectivity index (χ4n) is 3.20. The minimum Gasteiger partial charge on any atom is -0.462 e. The molecule has 1 amide bonds. The van der Waals surface area contributed by atoms with Crippen molar-refractivity contribution in [2.75, 3.05) is 24.3 Å². The molecule has 0 aliphatic heterocycles. The molecule has 0 saturated heterocycles. The van der Waals surface area contributed by atoms with Crippen LogP contribution in [-0.2, 0) is 34.8 Å². The van der Waals surface area contributed by atoms with Crippen molar-refractivity contribution in [3.05, 3.63) is 45.9 Å². The third-order valence-corrected chi connectivity index (χ3v) is 7.20. The molecule has 0 bridgehead atoms. The summed E-state index contributed by atoms with van der Waals surface area (Å²) in [6, 6.07) is 3.99. The zero-order valence-corrected chi connectivity index (χ0v) is 21.3. The number of carbonyl (C=O) groups is 3. The van der Waals surface area contributed by atoms with Crippen LogP contribution in [0.15, 0.2) is 23.5 Å². The van der Waals surface area contributed by atoms with Crippen LogP contribution in [0.3, 0.4) is 0 Å². The Labute approximate surface area is 205 Å². The SMILES string of the molecule is CCOC(=O)c1sc(NC(=O)CSc2nnc(Cc3cccn3C)n2C)c(C(=O)OCC)c1C. The molecule has 0 aliphatic rings. The molecule has 12 heteroatoms. The highest BCUT2D eigenvalue weighted by Gasteiger charge is 2.27. The molecule has 10 nitrogen and oxygen atoms in total. The maximum atomic E-state index is 12.7. The Hall–Kier alpha value is -3.12. The smallest absolute Gasteiger partial charge is 0.348 e. The number of carbonyl (C=O) groups excluding carboxylic acids is 3. The first kappa shape index (κ1) is 25.5. The van der Waals surface area contributed by atoms with E-state index in [0.29, 0.717) is 17.1 Å². The van der Waals surface area contributed by atoms with E-state index in [9.17, 15) is 14.4 Å². The fraction of sp³-hybridized carbons (Fsp3) is 0.409. The molecular formula is C22H27N5O5S2. The number of aromatic nitrogens is 4. The summed E-state index contributed by atoms with van der Waals surface area (Å²) in [7, 11) is 3.82. The van der Waals surface area contributed by atoms with Gasteiger partial charge in [0.2, 0.25) is 5.91 Å². The lowest BCUT2D eigenvalue weighted by Crippen LogP contribution is -2.17. The lowest BCUT2D eigenvalue weighted by molar-refractivity contribution is -0.113. The van der Waals surface area contributed by atoms with Gasteiger partial charge in [-0.25, -0.2) is 9.59 Å². The number of esters is 2. The number of nitrogens with one attached hydrogen (secondary N) is 1. The largest absolute Gasteiger partial charge is 0.462 e. The molecule has 1 N–H and O–H groups in total. The van der Waals surface area contributed by atoms with E-state index >= 15 is 0 Å². The summed E-state index contributed by atoms with van der Waals surface area (Å²) < 4.78 is 14.1. The summed E-state index contributed by atoms with van der Waals surface area (Å²) in [5, 5.41) is 12.0. The molecule has 182 valence electrons. The molecule has 0 atom stereocenters. The van der Waals surface area contributed by atoms with Gasteiger partial charge in [-0.1, -0.05) is 11.8 Å². The van der Waals surface area contributed by atoms with Crippen LogP contribution in [0.25, 0.3) is 0 Å². The molecule has 3 aromatic heterocycles. The summed E-state index contributed by atoms with van der Waals surface area (Å²) in [4.78, 5) is 37.7. The van der Waals surface area contributed by atoms with Gasteiger partial charge in [-0.15, -0.1) is 21.5 Å². The van der Waals surface area contributed by atoms with E-state index in [1.807, 2.05) is 41.6 Å². The minimum atomic E-state index is -0.603. The number of nitrogens with zero attached hydrogens (tertiary/aromatic N) is 4. The first-order valence-electron chi connectivity index (χ1n) is 10.6. The van der Waals surface area contributed by atoms with Crippen LogP contribution in [0.4, 0.5) is 5.00 Å². The lowest BCUT2D eigenvalue weighted by atomic mass is 10.1. The van der Waals surface area contributed by atoms with Crippen LogP contribution in [0.5, 0.6) is 0 Å². The van der Waals surface area contributed by atoms with Gasteiger partial charge in [0.1, 0.15) is 15.7 Å². The molecule has 0 radical (unpaired) electrons. The molecular weight excluding hydrogens is 478 g/mol. The summed E-state index contributed by atoms with van der Waals surface area (Å²) in [5.41, 5.74) is 1.68. The zero-order chi connectivity index (χ0) is 24.8. The van der Waals surface area contributed by atoms with Crippen molar-refractivity contribution in [3.63, 3.8) is 0 Å². The highest BCUT2D eigenvalue weighted by atomic mass is 32.2. The summed E-state index contributed by atoms with van der Waals surface area (Å²) in [5.74, 6) is -0.672. The zero-order valence-electron chi connectivity index (χ0n) is 19.7. The van der Waals surface area contributed by atoms with Crippen LogP contribution < -0.4 is 5.32 Å². The second-order valence-electron chi connectivity index (χ2n) is 7.28. The Morgan fingerprint density at radius 3 is 2.47 bits per heavy atom. The molecule has 0 aromatic carbocycles. The monoisotopic (exact) mass is 505 g/mol. The molecule has 0 fully saturated rings. The van der Waals surface area contributed by atoms with Gasteiger partial charge in [-0.2, -0.15) is 0 Å². The number of rotatable bonds is 10. The van der Waals surface area contributed by atoms with Crippen LogP contribution in [0.2, 0.25) is 0 Å². The second-order valence-corrected chi connectivity index (χ2v) is 9.25. The van der Waals surface area contributed by atoms with E-state index in [0.717, 1.165) is 22.9 Å². The number of thioether (sulfide) groups is 1. The van der Waals surface area contributed by atoms with E-state index in [2.05, 4.69) is 15.5 Å². The van der Waals surface area contributed by atoms with Crippen molar-refractivity contribution in [1.82, 2.24) is 19.3 Å². The Kier molecular flexibility index (Phi) is 8.51. The van der Waals surface area contributed by atoms with Crippen molar-refractivity contribution in [1.29, 1.82) is 0 Å². The normalized spacial score (nSPS) is 10.9. The quantitative estimate of drug-likeness (QED) is 0.330. The topological polar surface area (TPSA) is 117 Å². The van der Waals surface area contributed by atoms with Crippen molar-refractivity contribution < 1.29 is 23.9 Å². The van der Waals surface area contributed by atoms with Crippen molar-refractivity contribution in [2.45, 2.75) is 32.3 Å². The Balaban J connectivity index is 1.71. The van der Waals surface area contributed by atoms with Gasteiger partial charge in [0.15, 0.2) is 5.16 Å². The average molecular weight is 506 g/mol. The average Bonchev–Trinajstić information content (AvgIpc) is 3.45. The lowest BCUT2D eigenvalue weighted by Gasteiger charge is -2.07. The van der Waals surface area contributed by atoms with Crippen LogP contribution in [0, 0.1) is 6.92 Å². The highest BCUT2D eigenvalue weighted by Crippen LogP contribution is 2.34. The first-order valence-corrected chi connectivity index (χ1v) is 12.5. The number of ether oxygens (including phenoxy) is 2. The Morgan fingerprint density at radius 1 is 1.12 bits per heavy atom. The molecule has 3 rings (SSSR count). The third-order valence-electron chi connectivity index (χ3n) is 4.99. The number of hydrogen-bond acceptors (Lipinski definition) is 9. The number of thiophene rings is 1. The van der Waals surface area contributed by atoms with Gasteiger partial charge in [0.05, 0.1) is 24.5 Å². The van der Waals surface area contributed by atoms with E-state index in [1.165, 1.54) is 11.8 Å². The predicted octanol–water partition coefficient (Wildman–Crippen LogP) is 3.20. The van der Waals surface area contributed by atoms with E-state index < -0.39 is 11.9 Å². The molecule has 34 heavy (non-hydrogen) atoms. The molecule has 0 unspecified atom stereocenters. The molecule has 3 aromatic rings. The predicted molar refractivity (Wildman–Crippen MR) is 130 cm³/mol. The van der Waals surface area contributed by atoms with Crippen LogP contribution in [-0.4, -0.2) is 56.1 Å². The van der Waals surface area contributed by atoms with E-state index in [4.69, 9.17) is 9.47 Å². The van der Waals surface area contributed by atoms with Gasteiger partial charge in [0, 0.05) is 32.4 Å². The highest BCUT2D eigenvalue weighted by molar-refractivity contribution is 7.99. The maximum Gasteiger partial charge on any atom is 0.348 e. The first-order chi connectivity index (χ1) is 16.3. The maximum absolute atomic E-state index is 12.7. The van der Waals surface area contributed by atoms with Gasteiger partial charge in [-0.3, -0.25) is 4.79 Å². The molecule has 0 aliphatic carbocycles. The summed E-state index contributed by atoms with van der Waals surface area (Å²) in [6.45, 7) is 5.39. The van der Waals surface area contributed by atoms with E-state index in [1.54, 1.807) is 20.8 Å². The number of aryl methyl sites for hydroxylation is 1. The molecule has 0 spiro atoms. The third kappa shape index (κ3) is 5.68. The Morgan fingerprint density at radius 2 is 1.82 bits per heavy atom. The van der Waals surface area contributed by atoms with Gasteiger partial charge < -0.3 is 23.9 Å². The van der Waals surface area contributed by atoms with Gasteiger partial charge in [0.25, 0.3) is 0 Å². The molecule has 3 heterocycles. The van der Waals surface area contributed by atoms with Crippen molar-refractivity contribution >= 4 is 45.9 Å². The van der Waals surface area contributed by atoms with E-state index in [-0.39, 0.29) is 40.3 Å². The van der Waals surface area contributed by atoms with Crippen molar-refractivity contribution in [3.8, 4) is 0 Å². The van der Waals surface area contributed by atoms with Crippen molar-refractivity contribution in [2.24, 2.45) is 14.1 Å². The minimum absolute atomic E-state index is 0.0457. The number of amides is 1. The van der Waals surface area contributed by atoms with Gasteiger partial charge in [-0.05, 0) is 38.5 Å². The fourth-order valence-corrected chi connectivity index (χ4v) is 5.04. The Bertz CT molecular complexity index is 1200. The van der Waals surface area contributed by atoms with Crippen LogP contribution in [0.1, 0.15) is 51.0 Å². The standard InChI is InChI=1S/C22H27N5O5S2/c1-6-31-20(29)17-13(3)18(21(30)32-7-2)34-19(17)23-16(28)12-33-22-25-24-15(27(22)5)11-14-9-8-10-26(14)4/h8-10H,6-7,11-12H2,1-5H3,(H,23,28). The number of hydrogen-bond donors (Lipinski definition) is 1. The van der Waals surface area contributed by atoms with Crippen LogP contribution >= 0.6 is 23.1 Å². The summed E-state index contributed by atoms with van der Waals surface area (Å²) >= 11 is 2.23. The van der Waals surface area contributed by atoms with Gasteiger partial charge >= 0.3 is 11.9 Å². The number of anilines is 1. The summed E-state index contributed by atoms with van der Waals surface area (Å²) in [6.07, 6.45) is 2.59. The second kappa shape index (κ2) is 11.3. The molecule has 0 saturated carbocycles.